The van der Waals surface area contributed by atoms with E-state index in [1.165, 1.54) is 6.07 Å². The number of benzene rings is 1. The van der Waals surface area contributed by atoms with Crippen molar-refractivity contribution >= 4 is 21.4 Å². The van der Waals surface area contributed by atoms with Crippen molar-refractivity contribution in [2.45, 2.75) is 25.2 Å². The van der Waals surface area contributed by atoms with Gasteiger partial charge in [-0.3, -0.25) is 0 Å². The van der Waals surface area contributed by atoms with Gasteiger partial charge in [0.2, 0.25) is 10.0 Å². The number of anilines is 2. The fourth-order valence-electron chi connectivity index (χ4n) is 1.66. The molecule has 0 radical (unpaired) electrons. The van der Waals surface area contributed by atoms with Crippen LogP contribution in [0.5, 0.6) is 0 Å². The number of rotatable bonds is 8. The number of nitrogens with one attached hydrogen (secondary N) is 1. The summed E-state index contributed by atoms with van der Waals surface area (Å²) in [7, 11) is -3.79. The highest BCUT2D eigenvalue weighted by molar-refractivity contribution is 7.89. The van der Waals surface area contributed by atoms with Crippen molar-refractivity contribution in [2.75, 3.05) is 30.8 Å². The lowest BCUT2D eigenvalue weighted by Crippen LogP contribution is -2.16. The molecule has 0 aromatic heterocycles. The Morgan fingerprint density at radius 1 is 1.35 bits per heavy atom. The lowest BCUT2D eigenvalue weighted by atomic mass is 10.2. The van der Waals surface area contributed by atoms with Crippen molar-refractivity contribution in [3.63, 3.8) is 0 Å². The van der Waals surface area contributed by atoms with E-state index in [-0.39, 0.29) is 10.6 Å². The maximum Gasteiger partial charge on any atom is 0.240 e. The van der Waals surface area contributed by atoms with Gasteiger partial charge in [0, 0.05) is 19.8 Å². The van der Waals surface area contributed by atoms with Crippen molar-refractivity contribution in [1.29, 1.82) is 0 Å². The molecule has 114 valence electrons. The normalized spacial score (nSPS) is 11.8. The van der Waals surface area contributed by atoms with Gasteiger partial charge in [0.1, 0.15) is 4.90 Å². The summed E-state index contributed by atoms with van der Waals surface area (Å²) in [6.07, 6.45) is 0.811. The minimum atomic E-state index is -3.79. The van der Waals surface area contributed by atoms with E-state index < -0.39 is 10.0 Å². The van der Waals surface area contributed by atoms with Crippen molar-refractivity contribution in [3.8, 4) is 0 Å². The van der Waals surface area contributed by atoms with Crippen molar-refractivity contribution < 1.29 is 13.2 Å². The number of nitrogen functional groups attached to an aromatic ring is 1. The molecule has 0 aliphatic rings. The summed E-state index contributed by atoms with van der Waals surface area (Å²) in [6.45, 7) is 6.23. The molecule has 0 fully saturated rings. The van der Waals surface area contributed by atoms with Crippen molar-refractivity contribution in [1.82, 2.24) is 0 Å². The van der Waals surface area contributed by atoms with E-state index in [0.29, 0.717) is 24.8 Å². The number of primary sulfonamides is 1. The monoisotopic (exact) mass is 301 g/mol. The second-order valence-corrected chi connectivity index (χ2v) is 6.54. The largest absolute Gasteiger partial charge is 0.396 e. The SMILES string of the molecule is CC(C)COCCCNc1cccc(S(N)(=O)=O)c1N. The summed E-state index contributed by atoms with van der Waals surface area (Å²) >= 11 is 0. The molecule has 6 nitrogen and oxygen atoms in total. The molecule has 0 spiro atoms. The van der Waals surface area contributed by atoms with E-state index in [9.17, 15) is 8.42 Å². The smallest absolute Gasteiger partial charge is 0.240 e. The maximum atomic E-state index is 11.3. The number of ether oxygens (including phenoxy) is 1. The first-order valence-electron chi connectivity index (χ1n) is 6.55. The van der Waals surface area contributed by atoms with Crippen LogP contribution in [-0.4, -0.2) is 28.2 Å². The highest BCUT2D eigenvalue weighted by Crippen LogP contribution is 2.25. The van der Waals surface area contributed by atoms with Crippen LogP contribution < -0.4 is 16.2 Å². The summed E-state index contributed by atoms with van der Waals surface area (Å²) in [5, 5.41) is 8.18. The summed E-state index contributed by atoms with van der Waals surface area (Å²) in [5.41, 5.74) is 6.52. The fourth-order valence-corrected chi connectivity index (χ4v) is 2.35. The Kier molecular flexibility index (Phi) is 6.25. The van der Waals surface area contributed by atoms with Crippen LogP contribution in [0.1, 0.15) is 20.3 Å². The molecule has 7 heteroatoms. The number of para-hydroxylation sites is 1. The maximum absolute atomic E-state index is 11.3. The first kappa shape index (κ1) is 16.7. The summed E-state index contributed by atoms with van der Waals surface area (Å²) in [5.74, 6) is 0.519. The van der Waals surface area contributed by atoms with E-state index in [1.54, 1.807) is 12.1 Å². The molecule has 5 N–H and O–H groups in total. The molecule has 0 aliphatic heterocycles. The van der Waals surface area contributed by atoms with Gasteiger partial charge < -0.3 is 15.8 Å². The molecule has 1 aromatic carbocycles. The van der Waals surface area contributed by atoms with Crippen LogP contribution in [0.25, 0.3) is 0 Å². The third-order valence-corrected chi connectivity index (χ3v) is 3.57. The lowest BCUT2D eigenvalue weighted by Gasteiger charge is -2.12. The van der Waals surface area contributed by atoms with Crippen molar-refractivity contribution in [3.05, 3.63) is 18.2 Å². The van der Waals surface area contributed by atoms with Crippen LogP contribution in [-0.2, 0) is 14.8 Å². The van der Waals surface area contributed by atoms with Gasteiger partial charge in [0.05, 0.1) is 11.4 Å². The third-order valence-electron chi connectivity index (χ3n) is 2.60. The van der Waals surface area contributed by atoms with E-state index in [4.69, 9.17) is 15.6 Å². The Hall–Kier alpha value is -1.31. The molecule has 0 saturated carbocycles. The van der Waals surface area contributed by atoms with Gasteiger partial charge in [0.25, 0.3) is 0 Å². The quantitative estimate of drug-likeness (QED) is 0.497. The Morgan fingerprint density at radius 3 is 2.65 bits per heavy atom. The number of sulfonamides is 1. The Balaban J connectivity index is 2.49. The minimum absolute atomic E-state index is 0.0569. The summed E-state index contributed by atoms with van der Waals surface area (Å²) < 4.78 is 28.1. The van der Waals surface area contributed by atoms with Gasteiger partial charge in [-0.25, -0.2) is 13.6 Å². The predicted molar refractivity (Wildman–Crippen MR) is 81.0 cm³/mol. The Morgan fingerprint density at radius 2 is 2.05 bits per heavy atom. The van der Waals surface area contributed by atoms with Gasteiger partial charge in [-0.2, -0.15) is 0 Å². The summed E-state index contributed by atoms with van der Waals surface area (Å²) in [4.78, 5) is -0.0569. The zero-order chi connectivity index (χ0) is 15.2. The molecule has 0 heterocycles. The zero-order valence-electron chi connectivity index (χ0n) is 11.9. The first-order chi connectivity index (χ1) is 9.32. The molecular formula is C13H23N3O3S. The predicted octanol–water partition coefficient (Wildman–Crippen LogP) is 1.39. The molecule has 0 amide bonds. The van der Waals surface area contributed by atoms with Crippen LogP contribution in [0, 0.1) is 5.92 Å². The zero-order valence-corrected chi connectivity index (χ0v) is 12.7. The lowest BCUT2D eigenvalue weighted by molar-refractivity contribution is 0.110. The van der Waals surface area contributed by atoms with Crippen LogP contribution in [0.2, 0.25) is 0 Å². The van der Waals surface area contributed by atoms with Crippen LogP contribution in [0.4, 0.5) is 11.4 Å². The number of hydrogen-bond acceptors (Lipinski definition) is 5. The van der Waals surface area contributed by atoms with Gasteiger partial charge >= 0.3 is 0 Å². The molecule has 0 atom stereocenters. The van der Waals surface area contributed by atoms with Gasteiger partial charge in [-0.15, -0.1) is 0 Å². The molecule has 1 rings (SSSR count). The first-order valence-corrected chi connectivity index (χ1v) is 8.10. The van der Waals surface area contributed by atoms with E-state index in [2.05, 4.69) is 19.2 Å². The highest BCUT2D eigenvalue weighted by atomic mass is 32.2. The van der Waals surface area contributed by atoms with Crippen LogP contribution in [0.3, 0.4) is 0 Å². The molecule has 0 saturated heterocycles. The van der Waals surface area contributed by atoms with Crippen molar-refractivity contribution in [2.24, 2.45) is 11.1 Å². The minimum Gasteiger partial charge on any atom is -0.396 e. The highest BCUT2D eigenvalue weighted by Gasteiger charge is 2.14. The molecule has 0 bridgehead atoms. The number of nitrogens with two attached hydrogens (primary N) is 2. The topological polar surface area (TPSA) is 107 Å². The van der Waals surface area contributed by atoms with Crippen LogP contribution in [0.15, 0.2) is 23.1 Å². The van der Waals surface area contributed by atoms with E-state index >= 15 is 0 Å². The fraction of sp³-hybridized carbons (Fsp3) is 0.538. The Bertz CT molecular complexity index is 530. The number of hydrogen-bond donors (Lipinski definition) is 3. The van der Waals surface area contributed by atoms with Gasteiger partial charge in [-0.05, 0) is 24.5 Å². The second kappa shape index (κ2) is 7.47. The molecular weight excluding hydrogens is 278 g/mol. The second-order valence-electron chi connectivity index (χ2n) is 5.01. The summed E-state index contributed by atoms with van der Waals surface area (Å²) in [6, 6.07) is 4.72. The molecule has 20 heavy (non-hydrogen) atoms. The average molecular weight is 301 g/mol. The molecule has 0 unspecified atom stereocenters. The van der Waals surface area contributed by atoms with Gasteiger partial charge in [-0.1, -0.05) is 19.9 Å². The molecule has 0 aliphatic carbocycles. The van der Waals surface area contributed by atoms with E-state index in [0.717, 1.165) is 13.0 Å². The van der Waals surface area contributed by atoms with Gasteiger partial charge in [0.15, 0.2) is 0 Å². The van der Waals surface area contributed by atoms with Crippen LogP contribution >= 0.6 is 0 Å². The van der Waals surface area contributed by atoms with E-state index in [1.807, 2.05) is 0 Å². The average Bonchev–Trinajstić information content (AvgIpc) is 2.33. The Labute approximate surface area is 120 Å². The third kappa shape index (κ3) is 5.36. The molecule has 1 aromatic rings. The standard InChI is InChI=1S/C13H23N3O3S/c1-10(2)9-19-8-4-7-16-11-5-3-6-12(13(11)14)20(15,17)18/h3,5-6,10,16H,4,7-9,14H2,1-2H3,(H2,15,17,18).